The summed E-state index contributed by atoms with van der Waals surface area (Å²) in [5.74, 6) is -0.585. The molecule has 0 fully saturated rings. The van der Waals surface area contributed by atoms with E-state index in [1.54, 1.807) is 6.08 Å². The van der Waals surface area contributed by atoms with Crippen LogP contribution in [0.5, 0.6) is 0 Å². The van der Waals surface area contributed by atoms with Gasteiger partial charge in [0.1, 0.15) is 0 Å². The van der Waals surface area contributed by atoms with Gasteiger partial charge < -0.3 is 9.47 Å². The lowest BCUT2D eigenvalue weighted by Gasteiger charge is -2.37. The summed E-state index contributed by atoms with van der Waals surface area (Å²) >= 11 is 0. The van der Waals surface area contributed by atoms with Crippen molar-refractivity contribution in [3.63, 3.8) is 0 Å². The van der Waals surface area contributed by atoms with Crippen LogP contribution in [0.1, 0.15) is 26.2 Å². The molecule has 0 heterocycles. The fourth-order valence-corrected chi connectivity index (χ4v) is 2.66. The van der Waals surface area contributed by atoms with Gasteiger partial charge in [-0.2, -0.15) is 0 Å². The molecule has 88 valence electrons. The molecule has 0 aromatic rings. The number of carbonyl (C=O) groups is 1. The number of hydrogen-bond donors (Lipinski definition) is 0. The molecule has 0 bridgehead atoms. The Morgan fingerprint density at radius 1 is 1.31 bits per heavy atom. The second-order valence-electron chi connectivity index (χ2n) is 4.57. The summed E-state index contributed by atoms with van der Waals surface area (Å²) in [6.45, 7) is 2.23. The summed E-state index contributed by atoms with van der Waals surface area (Å²) in [5, 5.41) is 0. The van der Waals surface area contributed by atoms with E-state index < -0.39 is 5.79 Å². The number of ketones is 1. The predicted octanol–water partition coefficient (Wildman–Crippen LogP) is 2.23. The van der Waals surface area contributed by atoms with Crippen molar-refractivity contribution in [3.8, 4) is 0 Å². The summed E-state index contributed by atoms with van der Waals surface area (Å²) in [7, 11) is 3.06. The van der Waals surface area contributed by atoms with Crippen molar-refractivity contribution in [2.45, 2.75) is 32.0 Å². The highest BCUT2D eigenvalue weighted by Gasteiger charge is 2.45. The molecule has 0 spiro atoms. The van der Waals surface area contributed by atoms with Gasteiger partial charge in [0.25, 0.3) is 5.79 Å². The van der Waals surface area contributed by atoms with Gasteiger partial charge in [-0.25, -0.2) is 0 Å². The summed E-state index contributed by atoms with van der Waals surface area (Å²) in [6.07, 6.45) is 6.48. The van der Waals surface area contributed by atoms with Crippen molar-refractivity contribution < 1.29 is 14.3 Å². The van der Waals surface area contributed by atoms with Crippen molar-refractivity contribution in [1.29, 1.82) is 0 Å². The molecule has 0 saturated carbocycles. The Bertz CT molecular complexity index is 361. The molecule has 0 saturated heterocycles. The predicted molar refractivity (Wildman–Crippen MR) is 60.9 cm³/mol. The lowest BCUT2D eigenvalue weighted by molar-refractivity contribution is -0.187. The molecule has 0 radical (unpaired) electrons. The number of methoxy groups -OCH3 is 2. The van der Waals surface area contributed by atoms with Gasteiger partial charge in [-0.15, -0.1) is 0 Å². The van der Waals surface area contributed by atoms with Gasteiger partial charge >= 0.3 is 0 Å². The van der Waals surface area contributed by atoms with Crippen LogP contribution in [0.25, 0.3) is 0 Å². The molecule has 2 rings (SSSR count). The topological polar surface area (TPSA) is 35.5 Å². The maximum absolute atomic E-state index is 11.9. The van der Waals surface area contributed by atoms with Crippen molar-refractivity contribution >= 4 is 5.78 Å². The molecule has 3 nitrogen and oxygen atoms in total. The number of ether oxygens (including phenoxy) is 2. The molecule has 3 heteroatoms. The number of carbonyl (C=O) groups excluding carboxylic acids is 1. The van der Waals surface area contributed by atoms with Crippen molar-refractivity contribution in [3.05, 3.63) is 23.3 Å². The Balaban J connectivity index is 2.45. The minimum Gasteiger partial charge on any atom is -0.343 e. The Labute approximate surface area is 96.1 Å². The molecule has 0 aromatic carbocycles. The zero-order chi connectivity index (χ0) is 11.8. The summed E-state index contributed by atoms with van der Waals surface area (Å²) in [5.41, 5.74) is 2.23. The molecular weight excluding hydrogens is 204 g/mol. The summed E-state index contributed by atoms with van der Waals surface area (Å²) in [4.78, 5) is 11.9. The van der Waals surface area contributed by atoms with E-state index in [1.807, 2.05) is 6.08 Å². The highest BCUT2D eigenvalue weighted by atomic mass is 16.7. The Morgan fingerprint density at radius 3 is 2.62 bits per heavy atom. The Hall–Kier alpha value is -0.930. The van der Waals surface area contributed by atoms with Gasteiger partial charge in [-0.05, 0) is 36.8 Å². The van der Waals surface area contributed by atoms with Crippen LogP contribution in [0.15, 0.2) is 23.3 Å². The highest BCUT2D eigenvalue weighted by molar-refractivity contribution is 6.00. The van der Waals surface area contributed by atoms with Gasteiger partial charge in [0.15, 0.2) is 0 Å². The normalized spacial score (nSPS) is 28.2. The van der Waals surface area contributed by atoms with E-state index >= 15 is 0 Å². The first-order valence-electron chi connectivity index (χ1n) is 5.69. The molecule has 0 aliphatic heterocycles. The first kappa shape index (κ1) is 11.6. The molecular formula is C13H18O3. The maximum Gasteiger partial charge on any atom is 0.256 e. The minimum atomic E-state index is -1.15. The molecule has 1 unspecified atom stereocenters. The Kier molecular flexibility index (Phi) is 3.00. The maximum atomic E-state index is 11.9. The second-order valence-corrected chi connectivity index (χ2v) is 4.57. The van der Waals surface area contributed by atoms with Crippen LogP contribution in [-0.4, -0.2) is 25.8 Å². The van der Waals surface area contributed by atoms with Crippen molar-refractivity contribution in [2.75, 3.05) is 14.2 Å². The van der Waals surface area contributed by atoms with E-state index in [1.165, 1.54) is 19.8 Å². The quantitative estimate of drug-likeness (QED) is 0.672. The fraction of sp³-hybridized carbons (Fsp3) is 0.615. The largest absolute Gasteiger partial charge is 0.343 e. The van der Waals surface area contributed by atoms with Crippen LogP contribution >= 0.6 is 0 Å². The molecule has 2 aliphatic carbocycles. The zero-order valence-corrected chi connectivity index (χ0v) is 10.1. The van der Waals surface area contributed by atoms with E-state index in [4.69, 9.17) is 9.47 Å². The standard InChI is InChI=1S/C13H18O3/c1-9-4-6-11-10(8-9)5-7-12(14)13(11,15-2)16-3/h5,7,9H,4,6,8H2,1-3H3. The van der Waals surface area contributed by atoms with Gasteiger partial charge in [-0.3, -0.25) is 4.79 Å². The smallest absolute Gasteiger partial charge is 0.256 e. The van der Waals surface area contributed by atoms with Crippen LogP contribution in [-0.2, 0) is 14.3 Å². The van der Waals surface area contributed by atoms with Gasteiger partial charge in [0.05, 0.1) is 0 Å². The SMILES string of the molecule is COC1(OC)C(=O)C=CC2=C1CCC(C)C2. The Morgan fingerprint density at radius 2 is 2.00 bits per heavy atom. The third-order valence-corrected chi connectivity index (χ3v) is 3.58. The molecule has 0 aromatic heterocycles. The molecule has 16 heavy (non-hydrogen) atoms. The first-order chi connectivity index (χ1) is 7.64. The highest BCUT2D eigenvalue weighted by Crippen LogP contribution is 2.40. The average Bonchev–Trinajstić information content (AvgIpc) is 2.30. The minimum absolute atomic E-state index is 0.106. The van der Waals surface area contributed by atoms with Crippen molar-refractivity contribution in [1.82, 2.24) is 0 Å². The van der Waals surface area contributed by atoms with Gasteiger partial charge in [0, 0.05) is 19.8 Å². The number of hydrogen-bond acceptors (Lipinski definition) is 3. The molecule has 2 aliphatic rings. The molecule has 0 N–H and O–H groups in total. The van der Waals surface area contributed by atoms with Gasteiger partial charge in [-0.1, -0.05) is 13.0 Å². The average molecular weight is 222 g/mol. The summed E-state index contributed by atoms with van der Waals surface area (Å²) < 4.78 is 10.7. The van der Waals surface area contributed by atoms with E-state index in [0.717, 1.165) is 24.8 Å². The van der Waals surface area contributed by atoms with Crippen LogP contribution in [0.4, 0.5) is 0 Å². The van der Waals surface area contributed by atoms with Crippen molar-refractivity contribution in [2.24, 2.45) is 5.92 Å². The van der Waals surface area contributed by atoms with Gasteiger partial charge in [0.2, 0.25) is 5.78 Å². The first-order valence-corrected chi connectivity index (χ1v) is 5.69. The lowest BCUT2D eigenvalue weighted by atomic mass is 9.77. The van der Waals surface area contributed by atoms with E-state index in [2.05, 4.69) is 6.92 Å². The second kappa shape index (κ2) is 4.15. The third kappa shape index (κ3) is 1.55. The molecule has 1 atom stereocenters. The monoisotopic (exact) mass is 222 g/mol. The van der Waals surface area contributed by atoms with Crippen LogP contribution < -0.4 is 0 Å². The van der Waals surface area contributed by atoms with Crippen LogP contribution in [0.3, 0.4) is 0 Å². The van der Waals surface area contributed by atoms with E-state index in [0.29, 0.717) is 5.92 Å². The fourth-order valence-electron chi connectivity index (χ4n) is 2.66. The number of allylic oxidation sites excluding steroid dienone is 2. The van der Waals surface area contributed by atoms with E-state index in [-0.39, 0.29) is 5.78 Å². The lowest BCUT2D eigenvalue weighted by Crippen LogP contribution is -2.46. The molecule has 0 amide bonds. The van der Waals surface area contributed by atoms with Crippen LogP contribution in [0.2, 0.25) is 0 Å². The third-order valence-electron chi connectivity index (χ3n) is 3.58. The summed E-state index contributed by atoms with van der Waals surface area (Å²) in [6, 6.07) is 0. The zero-order valence-electron chi connectivity index (χ0n) is 10.1. The van der Waals surface area contributed by atoms with E-state index in [9.17, 15) is 4.79 Å². The number of rotatable bonds is 2. The van der Waals surface area contributed by atoms with Crippen LogP contribution in [0, 0.1) is 5.92 Å².